The van der Waals surface area contributed by atoms with Gasteiger partial charge in [0.1, 0.15) is 11.2 Å². The summed E-state index contributed by atoms with van der Waals surface area (Å²) in [5.41, 5.74) is 1.29. The van der Waals surface area contributed by atoms with Gasteiger partial charge in [0.2, 0.25) is 5.65 Å². The molecule has 0 bridgehead atoms. The number of rotatable bonds is 3. The summed E-state index contributed by atoms with van der Waals surface area (Å²) in [7, 11) is 0. The highest BCUT2D eigenvalue weighted by Gasteiger charge is 2.44. The first-order chi connectivity index (χ1) is 8.62. The highest BCUT2D eigenvalue weighted by molar-refractivity contribution is 9.10. The molecule has 6 heteroatoms. The van der Waals surface area contributed by atoms with Crippen LogP contribution in [-0.4, -0.2) is 21.0 Å². The molecule has 5 nitrogen and oxygen atoms in total. The van der Waals surface area contributed by atoms with E-state index in [4.69, 9.17) is 10.00 Å². The van der Waals surface area contributed by atoms with E-state index in [-0.39, 0.29) is 5.41 Å². The summed E-state index contributed by atoms with van der Waals surface area (Å²) >= 11 is 3.34. The normalized spacial score (nSPS) is 16.5. The molecule has 2 aromatic heterocycles. The second kappa shape index (κ2) is 3.95. The Morgan fingerprint density at radius 1 is 1.50 bits per heavy atom. The van der Waals surface area contributed by atoms with Crippen molar-refractivity contribution in [2.24, 2.45) is 5.41 Å². The third-order valence-corrected chi connectivity index (χ3v) is 3.46. The molecular weight excluding hydrogens is 296 g/mol. The Labute approximate surface area is 113 Å². The Kier molecular flexibility index (Phi) is 2.52. The van der Waals surface area contributed by atoms with Crippen LogP contribution in [0.15, 0.2) is 17.0 Å². The Balaban J connectivity index is 1.93. The van der Waals surface area contributed by atoms with Crippen molar-refractivity contribution in [1.29, 1.82) is 5.26 Å². The molecule has 0 radical (unpaired) electrons. The Morgan fingerprint density at radius 3 is 2.94 bits per heavy atom. The minimum Gasteiger partial charge on any atom is -0.473 e. The Bertz CT molecular complexity index is 654. The summed E-state index contributed by atoms with van der Waals surface area (Å²) in [5.74, 6) is 0.471. The summed E-state index contributed by atoms with van der Waals surface area (Å²) in [5, 5.41) is 9.03. The fourth-order valence-corrected chi connectivity index (χ4v) is 2.19. The predicted molar refractivity (Wildman–Crippen MR) is 68.2 cm³/mol. The summed E-state index contributed by atoms with van der Waals surface area (Å²) in [6.07, 6.45) is 5.55. The first-order valence-electron chi connectivity index (χ1n) is 5.68. The van der Waals surface area contributed by atoms with Gasteiger partial charge in [-0.25, -0.2) is 9.97 Å². The molecule has 92 valence electrons. The molecule has 0 unspecified atom stereocenters. The molecule has 0 amide bonds. The summed E-state index contributed by atoms with van der Waals surface area (Å²) in [6.45, 7) is 2.30. The SMILES string of the molecule is Cc1cn2cc(Br)nc(OCC3(C#N)CC3)c2n1. The maximum Gasteiger partial charge on any atom is 0.259 e. The average molecular weight is 307 g/mol. The van der Waals surface area contributed by atoms with E-state index in [1.54, 1.807) is 0 Å². The fourth-order valence-electron chi connectivity index (χ4n) is 1.81. The number of hydrogen-bond acceptors (Lipinski definition) is 4. The monoisotopic (exact) mass is 306 g/mol. The van der Waals surface area contributed by atoms with Crippen LogP contribution >= 0.6 is 15.9 Å². The van der Waals surface area contributed by atoms with Crippen LogP contribution in [0, 0.1) is 23.7 Å². The van der Waals surface area contributed by atoms with Crippen LogP contribution in [0.25, 0.3) is 5.65 Å². The van der Waals surface area contributed by atoms with Crippen LogP contribution in [0.1, 0.15) is 18.5 Å². The van der Waals surface area contributed by atoms with Gasteiger partial charge in [0.05, 0.1) is 17.2 Å². The van der Waals surface area contributed by atoms with Crippen molar-refractivity contribution in [3.05, 3.63) is 22.7 Å². The molecule has 1 fully saturated rings. The predicted octanol–water partition coefficient (Wildman–Crippen LogP) is 2.48. The van der Waals surface area contributed by atoms with Crippen LogP contribution in [0.4, 0.5) is 0 Å². The van der Waals surface area contributed by atoms with Crippen molar-refractivity contribution in [2.75, 3.05) is 6.61 Å². The number of ether oxygens (including phenoxy) is 1. The number of nitriles is 1. The lowest BCUT2D eigenvalue weighted by molar-refractivity contribution is 0.260. The summed E-state index contributed by atoms with van der Waals surface area (Å²) < 4.78 is 8.24. The zero-order valence-electron chi connectivity index (χ0n) is 9.85. The van der Waals surface area contributed by atoms with E-state index in [2.05, 4.69) is 32.0 Å². The molecule has 0 atom stereocenters. The minimum atomic E-state index is -0.303. The number of aryl methyl sites for hydroxylation is 1. The van der Waals surface area contributed by atoms with Crippen LogP contribution in [-0.2, 0) is 0 Å². The second-order valence-corrected chi connectivity index (χ2v) is 5.48. The van der Waals surface area contributed by atoms with Gasteiger partial charge in [0.15, 0.2) is 0 Å². The van der Waals surface area contributed by atoms with Gasteiger partial charge in [0, 0.05) is 12.4 Å². The quantitative estimate of drug-likeness (QED) is 0.874. The van der Waals surface area contributed by atoms with Gasteiger partial charge < -0.3 is 4.74 Å². The van der Waals surface area contributed by atoms with E-state index in [1.807, 2.05) is 23.7 Å². The molecule has 1 saturated carbocycles. The van der Waals surface area contributed by atoms with Crippen LogP contribution < -0.4 is 4.74 Å². The Hall–Kier alpha value is -1.61. The van der Waals surface area contributed by atoms with Crippen molar-refractivity contribution in [1.82, 2.24) is 14.4 Å². The maximum atomic E-state index is 9.03. The molecule has 0 aliphatic heterocycles. The number of fused-ring (bicyclic) bond motifs is 1. The topological polar surface area (TPSA) is 63.2 Å². The van der Waals surface area contributed by atoms with Gasteiger partial charge in [0.25, 0.3) is 5.88 Å². The van der Waals surface area contributed by atoms with Crippen molar-refractivity contribution in [3.63, 3.8) is 0 Å². The van der Waals surface area contributed by atoms with Gasteiger partial charge in [-0.3, -0.25) is 4.40 Å². The summed E-state index contributed by atoms with van der Waals surface area (Å²) in [4.78, 5) is 8.65. The van der Waals surface area contributed by atoms with Crippen molar-refractivity contribution in [2.45, 2.75) is 19.8 Å². The highest BCUT2D eigenvalue weighted by Crippen LogP contribution is 2.45. The molecule has 18 heavy (non-hydrogen) atoms. The van der Waals surface area contributed by atoms with Crippen molar-refractivity contribution in [3.8, 4) is 11.9 Å². The molecule has 1 aliphatic rings. The largest absolute Gasteiger partial charge is 0.473 e. The molecule has 2 heterocycles. The van der Waals surface area contributed by atoms with Gasteiger partial charge in [-0.15, -0.1) is 0 Å². The maximum absolute atomic E-state index is 9.03. The average Bonchev–Trinajstić information content (AvgIpc) is 3.02. The van der Waals surface area contributed by atoms with E-state index >= 15 is 0 Å². The second-order valence-electron chi connectivity index (χ2n) is 4.66. The Morgan fingerprint density at radius 2 is 2.28 bits per heavy atom. The number of nitrogens with zero attached hydrogens (tertiary/aromatic N) is 4. The number of imidazole rings is 1. The van der Waals surface area contributed by atoms with E-state index in [9.17, 15) is 0 Å². The molecule has 1 aliphatic carbocycles. The van der Waals surface area contributed by atoms with Gasteiger partial charge in [-0.05, 0) is 35.7 Å². The highest BCUT2D eigenvalue weighted by atomic mass is 79.9. The molecule has 2 aromatic rings. The number of hydrogen-bond donors (Lipinski definition) is 0. The van der Waals surface area contributed by atoms with E-state index < -0.39 is 0 Å². The lowest BCUT2D eigenvalue weighted by atomic mass is 10.1. The summed E-state index contributed by atoms with van der Waals surface area (Å²) in [6, 6.07) is 2.30. The van der Waals surface area contributed by atoms with Crippen LogP contribution in [0.2, 0.25) is 0 Å². The van der Waals surface area contributed by atoms with Gasteiger partial charge >= 0.3 is 0 Å². The van der Waals surface area contributed by atoms with Crippen LogP contribution in [0.3, 0.4) is 0 Å². The smallest absolute Gasteiger partial charge is 0.259 e. The van der Waals surface area contributed by atoms with Crippen LogP contribution in [0.5, 0.6) is 5.88 Å². The van der Waals surface area contributed by atoms with E-state index in [0.717, 1.165) is 18.5 Å². The first-order valence-corrected chi connectivity index (χ1v) is 6.47. The molecule has 0 spiro atoms. The molecule has 0 aromatic carbocycles. The lowest BCUT2D eigenvalue weighted by Crippen LogP contribution is -2.12. The zero-order valence-corrected chi connectivity index (χ0v) is 11.4. The van der Waals surface area contributed by atoms with Gasteiger partial charge in [-0.1, -0.05) is 0 Å². The number of aromatic nitrogens is 3. The molecule has 0 N–H and O–H groups in total. The van der Waals surface area contributed by atoms with Crippen molar-refractivity contribution < 1.29 is 4.74 Å². The zero-order chi connectivity index (χ0) is 12.8. The molecular formula is C12H11BrN4O. The van der Waals surface area contributed by atoms with E-state index in [0.29, 0.717) is 22.7 Å². The fraction of sp³-hybridized carbons (Fsp3) is 0.417. The van der Waals surface area contributed by atoms with Gasteiger partial charge in [-0.2, -0.15) is 5.26 Å². The van der Waals surface area contributed by atoms with E-state index in [1.165, 1.54) is 0 Å². The molecule has 0 saturated heterocycles. The third-order valence-electron chi connectivity index (χ3n) is 3.07. The first kappa shape index (κ1) is 11.5. The number of halogens is 1. The molecule has 3 rings (SSSR count). The third kappa shape index (κ3) is 1.95. The minimum absolute atomic E-state index is 0.303. The lowest BCUT2D eigenvalue weighted by Gasteiger charge is -2.09. The van der Waals surface area contributed by atoms with Crippen molar-refractivity contribution >= 4 is 21.6 Å². The standard InChI is InChI=1S/C12H11BrN4O/c1-8-4-17-5-9(13)16-11(10(17)15-8)18-7-12(6-14)2-3-12/h4-5H,2-3,7H2,1H3.